The maximum atomic E-state index is 11.9. The van der Waals surface area contributed by atoms with Gasteiger partial charge in [0.25, 0.3) is 9.70 Å². The van der Waals surface area contributed by atoms with Crippen molar-refractivity contribution in [1.29, 1.82) is 0 Å². The van der Waals surface area contributed by atoms with E-state index in [0.717, 1.165) is 22.3 Å². The van der Waals surface area contributed by atoms with E-state index in [2.05, 4.69) is 12.2 Å². The Kier molecular flexibility index (Phi) is 11.1. The molecule has 4 rings (SSSR count). The Balaban J connectivity index is 1.50. The smallest absolute Gasteiger partial charge is 0.272 e. The van der Waals surface area contributed by atoms with E-state index in [1.54, 1.807) is 24.3 Å². The molecule has 1 aliphatic rings. The summed E-state index contributed by atoms with van der Waals surface area (Å²) in [5.74, 6) is -0.647. The summed E-state index contributed by atoms with van der Waals surface area (Å²) < 4.78 is 11.0. The van der Waals surface area contributed by atoms with E-state index in [1.165, 1.54) is 0 Å². The van der Waals surface area contributed by atoms with Crippen molar-refractivity contribution in [2.24, 2.45) is 5.92 Å². The predicted molar refractivity (Wildman–Crippen MR) is 162 cm³/mol. The summed E-state index contributed by atoms with van der Waals surface area (Å²) in [5.41, 5.74) is 4.01. The molecule has 11 heteroatoms. The lowest BCUT2D eigenvalue weighted by Gasteiger charge is -2.42. The first kappa shape index (κ1) is 32.5. The molecule has 1 fully saturated rings. The van der Waals surface area contributed by atoms with Crippen LogP contribution in [0, 0.1) is 5.92 Å². The first-order valence-electron chi connectivity index (χ1n) is 13.5. The third-order valence-corrected chi connectivity index (χ3v) is 7.83. The Morgan fingerprint density at radius 3 is 2.26 bits per heavy atom. The van der Waals surface area contributed by atoms with Crippen LogP contribution in [-0.2, 0) is 27.4 Å². The summed E-state index contributed by atoms with van der Waals surface area (Å²) >= 11 is 16.9. The molecule has 0 aromatic heterocycles. The molecule has 226 valence electrons. The second-order valence-corrected chi connectivity index (χ2v) is 12.9. The molecule has 0 spiro atoms. The van der Waals surface area contributed by atoms with Gasteiger partial charge in [0.15, 0.2) is 6.29 Å². The van der Waals surface area contributed by atoms with E-state index in [1.807, 2.05) is 60.5 Å². The van der Waals surface area contributed by atoms with Crippen molar-refractivity contribution in [2.45, 2.75) is 48.5 Å². The van der Waals surface area contributed by atoms with Gasteiger partial charge in [-0.25, -0.2) is 0 Å². The SMILES string of the molecule is C[C@H]1[C@@H](CN(C)C[C@@H](O)c2cccc(O)c2)O[C@@H](c2ccc(CNC(=O)C(Cl)(Cl)Cl)cc2)O[C@H]1c1ccc(CO)cc1. The molecule has 0 radical (unpaired) electrons. The Morgan fingerprint density at radius 1 is 1.00 bits per heavy atom. The van der Waals surface area contributed by atoms with Gasteiger partial charge in [0, 0.05) is 31.1 Å². The minimum Gasteiger partial charge on any atom is -0.508 e. The first-order chi connectivity index (χ1) is 19.9. The lowest BCUT2D eigenvalue weighted by atomic mass is 9.90. The van der Waals surface area contributed by atoms with E-state index in [9.17, 15) is 20.1 Å². The molecule has 0 aliphatic carbocycles. The fourth-order valence-electron chi connectivity index (χ4n) is 4.92. The van der Waals surface area contributed by atoms with E-state index >= 15 is 0 Å². The Hall–Kier alpha value is -2.40. The number of rotatable bonds is 10. The van der Waals surface area contributed by atoms with Crippen LogP contribution in [0.2, 0.25) is 0 Å². The van der Waals surface area contributed by atoms with Gasteiger partial charge in [0.05, 0.1) is 24.9 Å². The highest BCUT2D eigenvalue weighted by Gasteiger charge is 2.39. The van der Waals surface area contributed by atoms with Gasteiger partial charge in [0.2, 0.25) is 0 Å². The number of alkyl halides is 3. The molecular weight excluding hydrogens is 603 g/mol. The molecule has 1 saturated heterocycles. The normalized spacial score (nSPS) is 21.7. The van der Waals surface area contributed by atoms with Crippen LogP contribution in [0.5, 0.6) is 5.75 Å². The Morgan fingerprint density at radius 2 is 1.64 bits per heavy atom. The van der Waals surface area contributed by atoms with Gasteiger partial charge in [0.1, 0.15) is 5.75 Å². The maximum absolute atomic E-state index is 11.9. The molecule has 0 bridgehead atoms. The van der Waals surface area contributed by atoms with Crippen LogP contribution in [0.25, 0.3) is 0 Å². The number of benzene rings is 3. The summed E-state index contributed by atoms with van der Waals surface area (Å²) in [6, 6.07) is 21.7. The maximum Gasteiger partial charge on any atom is 0.272 e. The molecular formula is C31H35Cl3N2O6. The van der Waals surface area contributed by atoms with E-state index in [-0.39, 0.29) is 37.0 Å². The summed E-state index contributed by atoms with van der Waals surface area (Å²) in [4.78, 5) is 13.9. The van der Waals surface area contributed by atoms with Crippen LogP contribution < -0.4 is 5.32 Å². The molecule has 5 atom stereocenters. The minimum absolute atomic E-state index is 0.0435. The fraction of sp³-hybridized carbons (Fsp3) is 0.387. The van der Waals surface area contributed by atoms with Crippen LogP contribution in [0.1, 0.15) is 53.2 Å². The number of likely N-dealkylation sites (N-methyl/N-ethyl adjacent to an activating group) is 1. The summed E-state index contributed by atoms with van der Waals surface area (Å²) in [5, 5.41) is 32.7. The predicted octanol–water partition coefficient (Wildman–Crippen LogP) is 5.33. The quantitative estimate of drug-likeness (QED) is 0.223. The lowest BCUT2D eigenvalue weighted by molar-refractivity contribution is -0.276. The first-order valence-corrected chi connectivity index (χ1v) is 14.7. The van der Waals surface area contributed by atoms with Crippen molar-refractivity contribution in [3.63, 3.8) is 0 Å². The highest BCUT2D eigenvalue weighted by atomic mass is 35.6. The molecule has 0 unspecified atom stereocenters. The zero-order chi connectivity index (χ0) is 30.4. The summed E-state index contributed by atoms with van der Waals surface area (Å²) in [7, 11) is 1.91. The van der Waals surface area contributed by atoms with E-state index in [0.29, 0.717) is 18.7 Å². The van der Waals surface area contributed by atoms with Crippen molar-refractivity contribution >= 4 is 40.7 Å². The number of nitrogens with one attached hydrogen (secondary N) is 1. The van der Waals surface area contributed by atoms with Crippen molar-refractivity contribution in [3.8, 4) is 5.75 Å². The number of aliphatic hydroxyl groups excluding tert-OH is 2. The molecule has 3 aromatic carbocycles. The molecule has 4 N–H and O–H groups in total. The molecule has 0 saturated carbocycles. The van der Waals surface area contributed by atoms with Crippen LogP contribution >= 0.6 is 34.8 Å². The van der Waals surface area contributed by atoms with Crippen molar-refractivity contribution in [1.82, 2.24) is 10.2 Å². The summed E-state index contributed by atoms with van der Waals surface area (Å²) in [6.07, 6.45) is -2.02. The second kappa shape index (κ2) is 14.4. The van der Waals surface area contributed by atoms with E-state index < -0.39 is 22.1 Å². The number of phenolic OH excluding ortho intramolecular Hbond substituents is 1. The van der Waals surface area contributed by atoms with Gasteiger partial charge in [-0.05, 0) is 41.4 Å². The number of nitrogens with zero attached hydrogens (tertiary/aromatic N) is 1. The average Bonchev–Trinajstić information content (AvgIpc) is 2.96. The lowest BCUT2D eigenvalue weighted by Crippen LogP contribution is -2.44. The zero-order valence-electron chi connectivity index (χ0n) is 23.3. The molecule has 1 amide bonds. The number of aliphatic hydroxyl groups is 2. The number of halogens is 3. The number of phenols is 1. The minimum atomic E-state index is -2.04. The van der Waals surface area contributed by atoms with Gasteiger partial charge in [-0.3, -0.25) is 4.79 Å². The highest BCUT2D eigenvalue weighted by Crippen LogP contribution is 2.42. The fourth-order valence-corrected chi connectivity index (χ4v) is 5.12. The van der Waals surface area contributed by atoms with Crippen LogP contribution in [0.4, 0.5) is 0 Å². The summed E-state index contributed by atoms with van der Waals surface area (Å²) in [6.45, 7) is 3.07. The number of ether oxygens (including phenoxy) is 2. The van der Waals surface area contributed by atoms with Crippen molar-refractivity contribution in [2.75, 3.05) is 20.1 Å². The molecule has 1 aliphatic heterocycles. The van der Waals surface area contributed by atoms with E-state index in [4.69, 9.17) is 44.3 Å². The zero-order valence-corrected chi connectivity index (χ0v) is 25.6. The molecule has 1 heterocycles. The number of carbonyl (C=O) groups is 1. The highest BCUT2D eigenvalue weighted by molar-refractivity contribution is 6.76. The molecule has 8 nitrogen and oxygen atoms in total. The average molecular weight is 638 g/mol. The molecule has 3 aromatic rings. The topological polar surface area (TPSA) is 111 Å². The number of amides is 1. The van der Waals surface area contributed by atoms with Crippen molar-refractivity contribution in [3.05, 3.63) is 101 Å². The number of hydrogen-bond donors (Lipinski definition) is 4. The van der Waals surface area contributed by atoms with Crippen LogP contribution in [-0.4, -0.2) is 56.2 Å². The number of carbonyl (C=O) groups excluding carboxylic acids is 1. The van der Waals surface area contributed by atoms with Crippen LogP contribution in [0.3, 0.4) is 0 Å². The van der Waals surface area contributed by atoms with Gasteiger partial charge < -0.3 is 35.0 Å². The van der Waals surface area contributed by atoms with Crippen molar-refractivity contribution < 1.29 is 29.6 Å². The number of aromatic hydroxyl groups is 1. The Bertz CT molecular complexity index is 1320. The van der Waals surface area contributed by atoms with Gasteiger partial charge >= 0.3 is 0 Å². The number of hydrogen-bond acceptors (Lipinski definition) is 7. The monoisotopic (exact) mass is 636 g/mol. The van der Waals surface area contributed by atoms with Gasteiger partial charge in [-0.2, -0.15) is 0 Å². The van der Waals surface area contributed by atoms with Gasteiger partial charge in [-0.15, -0.1) is 0 Å². The standard InChI is InChI=1S/C31H35Cl3N2O6/c1-19-27(17-36(2)16-26(39)24-4-3-5-25(38)14-24)41-29(42-28(19)22-10-8-21(18-37)9-11-22)23-12-6-20(7-13-23)15-35-30(40)31(32,33)34/h3-14,19,26-29,37-39H,15-18H2,1-2H3,(H,35,40)/t19-,26+,27+,28+,29+/m0/s1. The third-order valence-electron chi connectivity index (χ3n) is 7.32. The largest absolute Gasteiger partial charge is 0.508 e. The Labute approximate surface area is 260 Å². The second-order valence-electron chi connectivity index (χ2n) is 10.6. The van der Waals surface area contributed by atoms with Crippen LogP contribution in [0.15, 0.2) is 72.8 Å². The molecule has 42 heavy (non-hydrogen) atoms. The van der Waals surface area contributed by atoms with Gasteiger partial charge in [-0.1, -0.05) is 102 Å². The third kappa shape index (κ3) is 8.58.